The van der Waals surface area contributed by atoms with E-state index in [1.54, 1.807) is 19.9 Å². The molecule has 0 bridgehead atoms. The number of nitrogens with two attached hydrogens (primary N) is 1. The number of esters is 1. The van der Waals surface area contributed by atoms with Crippen LogP contribution in [0.4, 0.5) is 18.9 Å². The predicted molar refractivity (Wildman–Crippen MR) is 87.0 cm³/mol. The van der Waals surface area contributed by atoms with E-state index in [4.69, 9.17) is 15.7 Å². The van der Waals surface area contributed by atoms with Gasteiger partial charge in [-0.3, -0.25) is 0 Å². The fourth-order valence-electron chi connectivity index (χ4n) is 2.34. The van der Waals surface area contributed by atoms with Crippen LogP contribution >= 0.6 is 0 Å². The van der Waals surface area contributed by atoms with Gasteiger partial charge in [0, 0.05) is 12.3 Å². The number of carbonyl (C=O) groups is 1. The first-order valence-corrected chi connectivity index (χ1v) is 7.47. The zero-order chi connectivity index (χ0) is 19.6. The van der Waals surface area contributed by atoms with Gasteiger partial charge in [0.2, 0.25) is 0 Å². The van der Waals surface area contributed by atoms with E-state index in [-0.39, 0.29) is 34.5 Å². The summed E-state index contributed by atoms with van der Waals surface area (Å²) in [5, 5.41) is 9.11. The Balaban J connectivity index is 2.75. The first kappa shape index (κ1) is 19.2. The molecule has 1 heterocycles. The van der Waals surface area contributed by atoms with Gasteiger partial charge in [-0.1, -0.05) is 0 Å². The number of anilines is 1. The van der Waals surface area contributed by atoms with Crippen LogP contribution in [0.25, 0.3) is 5.69 Å². The molecule has 0 aliphatic heterocycles. The Morgan fingerprint density at radius 2 is 1.96 bits per heavy atom. The molecular weight excluding hydrogens is 351 g/mol. The summed E-state index contributed by atoms with van der Waals surface area (Å²) in [4.78, 5) is 12.0. The smallest absolute Gasteiger partial charge is 0.416 e. The average molecular weight is 367 g/mol. The Morgan fingerprint density at radius 3 is 2.46 bits per heavy atom. The van der Waals surface area contributed by atoms with E-state index in [0.29, 0.717) is 0 Å². The first-order chi connectivity index (χ1) is 12.1. The highest BCUT2D eigenvalue weighted by Crippen LogP contribution is 2.35. The van der Waals surface area contributed by atoms with Crippen LogP contribution in [0.2, 0.25) is 0 Å². The van der Waals surface area contributed by atoms with Gasteiger partial charge in [0.15, 0.2) is 5.69 Å². The third-order valence-electron chi connectivity index (χ3n) is 3.41. The molecule has 26 heavy (non-hydrogen) atoms. The third-order valence-corrected chi connectivity index (χ3v) is 3.41. The van der Waals surface area contributed by atoms with Crippen LogP contribution in [0.1, 0.15) is 35.5 Å². The van der Waals surface area contributed by atoms with Crippen molar-refractivity contribution >= 4 is 11.7 Å². The normalized spacial score (nSPS) is 11.3. The molecule has 2 rings (SSSR count). The molecule has 6 nitrogen and oxygen atoms in total. The van der Waals surface area contributed by atoms with Crippen LogP contribution in [-0.2, 0) is 10.9 Å². The zero-order valence-electron chi connectivity index (χ0n) is 14.2. The molecule has 1 aromatic carbocycles. The molecule has 0 atom stereocenters. The number of ether oxygens (including phenoxy) is 2. The minimum absolute atomic E-state index is 0.0357. The lowest BCUT2D eigenvalue weighted by Gasteiger charge is -2.16. The lowest BCUT2D eigenvalue weighted by atomic mass is 10.1. The van der Waals surface area contributed by atoms with Crippen molar-refractivity contribution in [1.82, 2.24) is 4.57 Å². The molecule has 0 saturated heterocycles. The van der Waals surface area contributed by atoms with Crippen LogP contribution in [0.15, 0.2) is 24.4 Å². The van der Waals surface area contributed by atoms with Gasteiger partial charge in [-0.15, -0.1) is 0 Å². The molecule has 0 amide bonds. The number of halogens is 3. The molecule has 2 N–H and O–H groups in total. The third kappa shape index (κ3) is 3.74. The van der Waals surface area contributed by atoms with Crippen LogP contribution in [0.3, 0.4) is 0 Å². The molecule has 0 aliphatic carbocycles. The number of hydrogen-bond acceptors (Lipinski definition) is 5. The molecule has 0 unspecified atom stereocenters. The summed E-state index contributed by atoms with van der Waals surface area (Å²) in [5.74, 6) is -0.917. The second kappa shape index (κ2) is 7.00. The number of nitriles is 1. The largest absolute Gasteiger partial charge is 0.491 e. The van der Waals surface area contributed by atoms with Crippen molar-refractivity contribution in [2.45, 2.75) is 26.1 Å². The summed E-state index contributed by atoms with van der Waals surface area (Å²) in [5.41, 5.74) is 4.29. The van der Waals surface area contributed by atoms with Crippen LogP contribution in [0, 0.1) is 11.3 Å². The van der Waals surface area contributed by atoms with Gasteiger partial charge in [0.1, 0.15) is 11.8 Å². The SMILES string of the molecule is COC(=O)c1c(N)c(C#N)cn1-c1cc(OC(C)C)cc(C(F)(F)F)c1. The van der Waals surface area contributed by atoms with Crippen molar-refractivity contribution < 1.29 is 27.4 Å². The number of carbonyl (C=O) groups excluding carboxylic acids is 1. The lowest BCUT2D eigenvalue weighted by molar-refractivity contribution is -0.137. The van der Waals surface area contributed by atoms with E-state index >= 15 is 0 Å². The second-order valence-corrected chi connectivity index (χ2v) is 5.66. The van der Waals surface area contributed by atoms with Crippen LogP contribution < -0.4 is 10.5 Å². The van der Waals surface area contributed by atoms with Crippen molar-refractivity contribution in [3.05, 3.63) is 41.2 Å². The van der Waals surface area contributed by atoms with Gasteiger partial charge in [-0.25, -0.2) is 4.79 Å². The van der Waals surface area contributed by atoms with Gasteiger partial charge >= 0.3 is 12.1 Å². The number of nitrogens with zero attached hydrogens (tertiary/aromatic N) is 2. The van der Waals surface area contributed by atoms with E-state index in [1.165, 1.54) is 12.3 Å². The van der Waals surface area contributed by atoms with Crippen molar-refractivity contribution in [3.8, 4) is 17.5 Å². The molecule has 0 aliphatic rings. The highest BCUT2D eigenvalue weighted by molar-refractivity contribution is 5.96. The zero-order valence-corrected chi connectivity index (χ0v) is 14.2. The fourth-order valence-corrected chi connectivity index (χ4v) is 2.34. The van der Waals surface area contributed by atoms with Gasteiger partial charge in [0.25, 0.3) is 0 Å². The van der Waals surface area contributed by atoms with Crippen LogP contribution in [0.5, 0.6) is 5.75 Å². The van der Waals surface area contributed by atoms with Gasteiger partial charge in [-0.2, -0.15) is 18.4 Å². The summed E-state index contributed by atoms with van der Waals surface area (Å²) in [7, 11) is 1.10. The molecule has 138 valence electrons. The standard InChI is InChI=1S/C17H16F3N3O3/c1-9(2)26-13-5-11(17(18,19)20)4-12(6-13)23-8-10(7-21)14(22)15(23)16(24)25-3/h4-6,8-9H,22H2,1-3H3. The molecule has 0 fully saturated rings. The number of benzene rings is 1. The van der Waals surface area contributed by atoms with Crippen molar-refractivity contribution in [2.24, 2.45) is 0 Å². The Kier molecular flexibility index (Phi) is 5.16. The lowest BCUT2D eigenvalue weighted by Crippen LogP contribution is -2.13. The second-order valence-electron chi connectivity index (χ2n) is 5.66. The maximum Gasteiger partial charge on any atom is 0.416 e. The van der Waals surface area contributed by atoms with Crippen molar-refractivity contribution in [1.29, 1.82) is 5.26 Å². The van der Waals surface area contributed by atoms with Crippen molar-refractivity contribution in [3.63, 3.8) is 0 Å². The number of nitrogen functional groups attached to an aromatic ring is 1. The minimum Gasteiger partial charge on any atom is -0.491 e. The number of rotatable bonds is 4. The van der Waals surface area contributed by atoms with Crippen molar-refractivity contribution in [2.75, 3.05) is 12.8 Å². The molecule has 0 radical (unpaired) electrons. The molecule has 1 aromatic heterocycles. The van der Waals surface area contributed by atoms with E-state index < -0.39 is 17.7 Å². The molecule has 0 spiro atoms. The number of alkyl halides is 3. The van der Waals surface area contributed by atoms with Gasteiger partial charge < -0.3 is 19.8 Å². The highest BCUT2D eigenvalue weighted by Gasteiger charge is 2.32. The van der Waals surface area contributed by atoms with Gasteiger partial charge in [-0.05, 0) is 26.0 Å². The van der Waals surface area contributed by atoms with Gasteiger partial charge in [0.05, 0.1) is 35.7 Å². The molecule has 0 saturated carbocycles. The molecule has 9 heteroatoms. The van der Waals surface area contributed by atoms with E-state index in [1.807, 2.05) is 0 Å². The number of hydrogen-bond donors (Lipinski definition) is 1. The number of aromatic nitrogens is 1. The topological polar surface area (TPSA) is 90.3 Å². The minimum atomic E-state index is -4.63. The molecular formula is C17H16F3N3O3. The average Bonchev–Trinajstić information content (AvgIpc) is 2.89. The molecule has 2 aromatic rings. The van der Waals surface area contributed by atoms with E-state index in [0.717, 1.165) is 23.8 Å². The summed E-state index contributed by atoms with van der Waals surface area (Å²) < 4.78 is 50.8. The summed E-state index contributed by atoms with van der Waals surface area (Å²) in [6.07, 6.45) is -3.82. The quantitative estimate of drug-likeness (QED) is 0.835. The summed E-state index contributed by atoms with van der Waals surface area (Å²) in [6.45, 7) is 3.34. The Labute approximate surface area is 147 Å². The Hall–Kier alpha value is -3.15. The highest BCUT2D eigenvalue weighted by atomic mass is 19.4. The maximum atomic E-state index is 13.2. The first-order valence-electron chi connectivity index (χ1n) is 7.47. The maximum absolute atomic E-state index is 13.2. The monoisotopic (exact) mass is 367 g/mol. The Morgan fingerprint density at radius 1 is 1.31 bits per heavy atom. The Bertz CT molecular complexity index is 880. The summed E-state index contributed by atoms with van der Waals surface area (Å²) in [6, 6.07) is 4.81. The fraction of sp³-hybridized carbons (Fsp3) is 0.294. The summed E-state index contributed by atoms with van der Waals surface area (Å²) >= 11 is 0. The van der Waals surface area contributed by atoms with E-state index in [2.05, 4.69) is 4.74 Å². The van der Waals surface area contributed by atoms with Crippen LogP contribution in [-0.4, -0.2) is 23.8 Å². The van der Waals surface area contributed by atoms with E-state index in [9.17, 15) is 18.0 Å². The number of methoxy groups -OCH3 is 1. The predicted octanol–water partition coefficient (Wildman–Crippen LogP) is 3.52.